The molecule has 3 aromatic heterocycles. The Bertz CT molecular complexity index is 1380. The molecule has 7 nitrogen and oxygen atoms in total. The van der Waals surface area contributed by atoms with Crippen molar-refractivity contribution in [2.75, 3.05) is 18.8 Å². The van der Waals surface area contributed by atoms with E-state index in [2.05, 4.69) is 22.2 Å². The van der Waals surface area contributed by atoms with Crippen LogP contribution in [-0.2, 0) is 11.0 Å². The summed E-state index contributed by atoms with van der Waals surface area (Å²) in [6.45, 7) is 7.67. The lowest BCUT2D eigenvalue weighted by atomic mass is 9.89. The van der Waals surface area contributed by atoms with Crippen molar-refractivity contribution < 1.29 is 22.4 Å². The van der Waals surface area contributed by atoms with Crippen molar-refractivity contribution in [3.63, 3.8) is 0 Å². The number of nitrogens with zero attached hydrogens (tertiary/aromatic N) is 4. The normalized spacial score (nSPS) is 21.3. The fourth-order valence-electron chi connectivity index (χ4n) is 5.20. The van der Waals surface area contributed by atoms with Crippen molar-refractivity contribution in [3.05, 3.63) is 34.5 Å². The quantitative estimate of drug-likeness (QED) is 0.480. The number of hydrogen-bond donors (Lipinski definition) is 2. The second-order valence-electron chi connectivity index (χ2n) is 10.1. The Balaban J connectivity index is 1.91. The SMILES string of the molecule is CC(=O)C(C)c1nc(-c2cc(N)nc(C)c2C(F)(F)F)c(F)c2c1c(C1CNCC1C)nn2C1CC1. The second-order valence-corrected chi connectivity index (χ2v) is 10.1. The third-order valence-corrected chi connectivity index (χ3v) is 7.38. The van der Waals surface area contributed by atoms with Crippen LogP contribution in [0.15, 0.2) is 6.07 Å². The highest BCUT2D eigenvalue weighted by atomic mass is 19.4. The molecule has 0 radical (unpaired) electrons. The van der Waals surface area contributed by atoms with Gasteiger partial charge in [0.15, 0.2) is 5.82 Å². The van der Waals surface area contributed by atoms with E-state index in [0.29, 0.717) is 17.6 Å². The van der Waals surface area contributed by atoms with Crippen molar-refractivity contribution in [2.45, 2.75) is 64.6 Å². The van der Waals surface area contributed by atoms with E-state index in [1.54, 1.807) is 11.6 Å². The summed E-state index contributed by atoms with van der Waals surface area (Å²) in [6, 6.07) is 0.944. The minimum absolute atomic E-state index is 0.0398. The van der Waals surface area contributed by atoms with Crippen LogP contribution in [0.3, 0.4) is 0 Å². The van der Waals surface area contributed by atoms with Gasteiger partial charge in [0.2, 0.25) is 0 Å². The average molecular weight is 505 g/mol. The molecule has 0 bridgehead atoms. The molecule has 1 aliphatic carbocycles. The maximum absolute atomic E-state index is 16.4. The van der Waals surface area contributed by atoms with Crippen LogP contribution in [0.25, 0.3) is 22.2 Å². The Morgan fingerprint density at radius 1 is 1.25 bits per heavy atom. The van der Waals surface area contributed by atoms with Gasteiger partial charge in [0.05, 0.1) is 34.6 Å². The van der Waals surface area contributed by atoms with Crippen molar-refractivity contribution in [3.8, 4) is 11.3 Å². The molecule has 1 saturated carbocycles. The summed E-state index contributed by atoms with van der Waals surface area (Å²) < 4.78 is 60.4. The molecule has 3 N–H and O–H groups in total. The van der Waals surface area contributed by atoms with Gasteiger partial charge in [0.1, 0.15) is 22.8 Å². The van der Waals surface area contributed by atoms with E-state index in [1.807, 2.05) is 0 Å². The third-order valence-electron chi connectivity index (χ3n) is 7.38. The molecule has 3 unspecified atom stereocenters. The van der Waals surface area contributed by atoms with Gasteiger partial charge < -0.3 is 11.1 Å². The number of Topliss-reactive ketones (excluding diaryl/α,β-unsaturated/α-hetero) is 1. The summed E-state index contributed by atoms with van der Waals surface area (Å²) in [6.07, 6.45) is -3.24. The molecule has 192 valence electrons. The van der Waals surface area contributed by atoms with Gasteiger partial charge in [0, 0.05) is 23.4 Å². The van der Waals surface area contributed by atoms with Gasteiger partial charge in [0.25, 0.3) is 0 Å². The highest BCUT2D eigenvalue weighted by molar-refractivity contribution is 5.94. The molecular formula is C25H28F4N6O. The smallest absolute Gasteiger partial charge is 0.384 e. The lowest BCUT2D eigenvalue weighted by Gasteiger charge is -2.19. The Labute approximate surface area is 205 Å². The van der Waals surface area contributed by atoms with E-state index in [1.165, 1.54) is 13.8 Å². The number of carbonyl (C=O) groups excluding carboxylic acids is 1. The number of aromatic nitrogens is 4. The summed E-state index contributed by atoms with van der Waals surface area (Å²) in [5.74, 6) is -1.92. The predicted octanol–water partition coefficient (Wildman–Crippen LogP) is 4.89. The first-order valence-electron chi connectivity index (χ1n) is 12.1. The van der Waals surface area contributed by atoms with Crippen molar-refractivity contribution in [1.29, 1.82) is 0 Å². The number of rotatable bonds is 5. The number of ketones is 1. The molecule has 1 aliphatic heterocycles. The lowest BCUT2D eigenvalue weighted by molar-refractivity contribution is -0.137. The van der Waals surface area contributed by atoms with Crippen LogP contribution in [0.1, 0.15) is 74.1 Å². The van der Waals surface area contributed by atoms with E-state index >= 15 is 4.39 Å². The number of anilines is 1. The molecule has 36 heavy (non-hydrogen) atoms. The molecule has 0 aromatic carbocycles. The standard InChI is InChI=1S/C25H28F4N6O/c1-10-8-31-9-16(10)22-18-21(11(2)13(4)36)33-23(20(26)24(18)35(34-22)14-5-6-14)15-7-17(30)32-12(3)19(15)25(27,28)29/h7,10-11,14,16,31H,5-6,8-9H2,1-4H3,(H2,30,32). The number of aryl methyl sites for hydroxylation is 1. The third kappa shape index (κ3) is 3.93. The maximum Gasteiger partial charge on any atom is 0.418 e. The fourth-order valence-corrected chi connectivity index (χ4v) is 5.20. The van der Waals surface area contributed by atoms with Crippen molar-refractivity contribution in [2.24, 2.45) is 5.92 Å². The molecule has 2 fully saturated rings. The number of alkyl halides is 3. The monoisotopic (exact) mass is 504 g/mol. The van der Waals surface area contributed by atoms with E-state index in [0.717, 1.165) is 25.5 Å². The van der Waals surface area contributed by atoms with E-state index in [4.69, 9.17) is 10.8 Å². The van der Waals surface area contributed by atoms with Gasteiger partial charge in [-0.2, -0.15) is 18.3 Å². The molecule has 11 heteroatoms. The highest BCUT2D eigenvalue weighted by Gasteiger charge is 2.41. The van der Waals surface area contributed by atoms with Gasteiger partial charge in [-0.05, 0) is 52.1 Å². The van der Waals surface area contributed by atoms with Crippen LogP contribution < -0.4 is 11.1 Å². The zero-order valence-corrected chi connectivity index (χ0v) is 20.5. The van der Waals surface area contributed by atoms with Crippen molar-refractivity contribution in [1.82, 2.24) is 25.1 Å². The van der Waals surface area contributed by atoms with Crippen LogP contribution in [0.5, 0.6) is 0 Å². The zero-order chi connectivity index (χ0) is 26.1. The summed E-state index contributed by atoms with van der Waals surface area (Å²) in [5.41, 5.74) is 4.30. The van der Waals surface area contributed by atoms with E-state index < -0.39 is 34.7 Å². The molecule has 0 spiro atoms. The molecular weight excluding hydrogens is 476 g/mol. The summed E-state index contributed by atoms with van der Waals surface area (Å²) >= 11 is 0. The van der Waals surface area contributed by atoms with Crippen molar-refractivity contribution >= 4 is 22.5 Å². The molecule has 3 atom stereocenters. The van der Waals surface area contributed by atoms with Crippen LogP contribution in [-0.4, -0.2) is 38.6 Å². The zero-order valence-electron chi connectivity index (χ0n) is 20.5. The first kappa shape index (κ1) is 24.6. The number of pyridine rings is 2. The average Bonchev–Trinajstić information content (AvgIpc) is 3.42. The number of fused-ring (bicyclic) bond motifs is 1. The second kappa shape index (κ2) is 8.50. The number of nitrogens with one attached hydrogen (secondary N) is 1. The first-order valence-corrected chi connectivity index (χ1v) is 12.1. The summed E-state index contributed by atoms with van der Waals surface area (Å²) in [4.78, 5) is 20.7. The molecule has 4 heterocycles. The number of halogens is 4. The van der Waals surface area contributed by atoms with Crippen LogP contribution in [0, 0.1) is 18.7 Å². The predicted molar refractivity (Wildman–Crippen MR) is 127 cm³/mol. The number of hydrogen-bond acceptors (Lipinski definition) is 6. The Morgan fingerprint density at radius 2 is 1.94 bits per heavy atom. The van der Waals surface area contributed by atoms with Gasteiger partial charge >= 0.3 is 6.18 Å². The fraction of sp³-hybridized carbons (Fsp3) is 0.520. The largest absolute Gasteiger partial charge is 0.418 e. The molecule has 1 saturated heterocycles. The highest BCUT2D eigenvalue weighted by Crippen LogP contribution is 2.46. The number of nitrogen functional groups attached to an aromatic ring is 1. The Hall–Kier alpha value is -3.08. The van der Waals surface area contributed by atoms with E-state index in [-0.39, 0.29) is 46.4 Å². The Morgan fingerprint density at radius 3 is 2.50 bits per heavy atom. The molecule has 2 aliphatic rings. The van der Waals surface area contributed by atoms with Gasteiger partial charge in [-0.3, -0.25) is 9.48 Å². The van der Waals surface area contributed by atoms with Crippen LogP contribution in [0.4, 0.5) is 23.4 Å². The molecule has 0 amide bonds. The summed E-state index contributed by atoms with van der Waals surface area (Å²) in [7, 11) is 0. The summed E-state index contributed by atoms with van der Waals surface area (Å²) in [5, 5.41) is 8.57. The minimum atomic E-state index is -4.82. The number of nitrogens with two attached hydrogens (primary N) is 1. The van der Waals surface area contributed by atoms with Gasteiger partial charge in [-0.1, -0.05) is 6.92 Å². The minimum Gasteiger partial charge on any atom is -0.384 e. The lowest BCUT2D eigenvalue weighted by Crippen LogP contribution is -2.15. The molecule has 3 aromatic rings. The van der Waals surface area contributed by atoms with Crippen LogP contribution >= 0.6 is 0 Å². The Kier molecular flexibility index (Phi) is 5.81. The number of carbonyl (C=O) groups is 1. The molecule has 5 rings (SSSR count). The first-order chi connectivity index (χ1) is 16.9. The maximum atomic E-state index is 16.4. The van der Waals surface area contributed by atoms with Crippen LogP contribution in [0.2, 0.25) is 0 Å². The van der Waals surface area contributed by atoms with E-state index in [9.17, 15) is 18.0 Å². The van der Waals surface area contributed by atoms with Gasteiger partial charge in [-0.15, -0.1) is 0 Å². The topological polar surface area (TPSA) is 98.7 Å². The van der Waals surface area contributed by atoms with Gasteiger partial charge in [-0.25, -0.2) is 14.4 Å².